The van der Waals surface area contributed by atoms with E-state index >= 15 is 0 Å². The summed E-state index contributed by atoms with van der Waals surface area (Å²) in [6.07, 6.45) is 1.33. The van der Waals surface area contributed by atoms with Crippen LogP contribution in [0.3, 0.4) is 0 Å². The van der Waals surface area contributed by atoms with E-state index in [1.807, 2.05) is 0 Å². The van der Waals surface area contributed by atoms with Gasteiger partial charge in [-0.05, 0) is 64.2 Å². The van der Waals surface area contributed by atoms with E-state index in [4.69, 9.17) is 5.84 Å². The van der Waals surface area contributed by atoms with Crippen molar-refractivity contribution in [2.45, 2.75) is 18.9 Å². The summed E-state index contributed by atoms with van der Waals surface area (Å²) in [7, 11) is 0. The molecule has 2 aromatic rings. The van der Waals surface area contributed by atoms with Crippen LogP contribution in [0.5, 0.6) is 0 Å². The van der Waals surface area contributed by atoms with Crippen LogP contribution >= 0.6 is 15.9 Å². The molecule has 20 heavy (non-hydrogen) atoms. The van der Waals surface area contributed by atoms with Crippen molar-refractivity contribution in [3.63, 3.8) is 0 Å². The molecule has 0 saturated carbocycles. The van der Waals surface area contributed by atoms with Crippen molar-refractivity contribution in [3.05, 3.63) is 69.7 Å². The van der Waals surface area contributed by atoms with E-state index in [-0.39, 0.29) is 17.7 Å². The first-order valence-electron chi connectivity index (χ1n) is 6.23. The van der Waals surface area contributed by atoms with Crippen LogP contribution in [0.15, 0.2) is 46.9 Å². The van der Waals surface area contributed by atoms with Crippen molar-refractivity contribution in [2.75, 3.05) is 0 Å². The molecular weight excluding hydrogens is 326 g/mol. The molecule has 3 N–H and O–H groups in total. The number of rotatable bonds is 5. The largest absolute Gasteiger partial charge is 0.271 e. The van der Waals surface area contributed by atoms with E-state index < -0.39 is 0 Å². The van der Waals surface area contributed by atoms with E-state index in [0.717, 1.165) is 11.1 Å². The fraction of sp³-hybridized carbons (Fsp3) is 0.200. The summed E-state index contributed by atoms with van der Waals surface area (Å²) >= 11 is 3.16. The first kappa shape index (κ1) is 15.1. The number of hydrogen-bond acceptors (Lipinski definition) is 2. The van der Waals surface area contributed by atoms with Crippen LogP contribution in [0, 0.1) is 11.6 Å². The first-order chi connectivity index (χ1) is 9.58. The Morgan fingerprint density at radius 1 is 1.00 bits per heavy atom. The van der Waals surface area contributed by atoms with Gasteiger partial charge in [-0.15, -0.1) is 0 Å². The topological polar surface area (TPSA) is 38.0 Å². The Labute approximate surface area is 125 Å². The van der Waals surface area contributed by atoms with Crippen LogP contribution in [0.4, 0.5) is 8.78 Å². The van der Waals surface area contributed by atoms with E-state index in [2.05, 4.69) is 21.4 Å². The molecular formula is C15H15BrF2N2. The molecule has 0 aromatic heterocycles. The number of nitrogens with one attached hydrogen (secondary N) is 1. The molecule has 2 rings (SSSR count). The second kappa shape index (κ2) is 6.92. The monoisotopic (exact) mass is 340 g/mol. The Balaban J connectivity index is 2.04. The van der Waals surface area contributed by atoms with Crippen molar-refractivity contribution in [1.82, 2.24) is 5.43 Å². The molecule has 106 valence electrons. The number of nitrogens with two attached hydrogens (primary N) is 1. The van der Waals surface area contributed by atoms with Gasteiger partial charge in [-0.1, -0.05) is 18.2 Å². The summed E-state index contributed by atoms with van der Waals surface area (Å²) in [5.74, 6) is 5.01. The summed E-state index contributed by atoms with van der Waals surface area (Å²) in [6.45, 7) is 0. The highest BCUT2D eigenvalue weighted by atomic mass is 79.9. The lowest BCUT2D eigenvalue weighted by molar-refractivity contribution is 0.521. The SMILES string of the molecule is NNC(Cc1ccc(F)cc1)Cc1ccc(F)c(Br)c1. The molecule has 0 radical (unpaired) electrons. The van der Waals surface area contributed by atoms with E-state index in [9.17, 15) is 8.78 Å². The van der Waals surface area contributed by atoms with E-state index in [1.54, 1.807) is 24.3 Å². The van der Waals surface area contributed by atoms with Crippen molar-refractivity contribution in [1.29, 1.82) is 0 Å². The maximum absolute atomic E-state index is 13.2. The van der Waals surface area contributed by atoms with Gasteiger partial charge in [-0.3, -0.25) is 11.3 Å². The van der Waals surface area contributed by atoms with Gasteiger partial charge in [0.2, 0.25) is 0 Å². The predicted molar refractivity (Wildman–Crippen MR) is 79.0 cm³/mol. The van der Waals surface area contributed by atoms with Gasteiger partial charge in [-0.25, -0.2) is 8.78 Å². The van der Waals surface area contributed by atoms with Crippen LogP contribution in [-0.4, -0.2) is 6.04 Å². The van der Waals surface area contributed by atoms with Crippen LogP contribution in [0.25, 0.3) is 0 Å². The third kappa shape index (κ3) is 4.10. The summed E-state index contributed by atoms with van der Waals surface area (Å²) in [5.41, 5.74) is 4.72. The molecule has 0 fully saturated rings. The fourth-order valence-corrected chi connectivity index (χ4v) is 2.47. The lowest BCUT2D eigenvalue weighted by Crippen LogP contribution is -2.38. The van der Waals surface area contributed by atoms with Crippen molar-refractivity contribution in [3.8, 4) is 0 Å². The van der Waals surface area contributed by atoms with Crippen LogP contribution in [0.2, 0.25) is 0 Å². The lowest BCUT2D eigenvalue weighted by atomic mass is 9.99. The zero-order valence-electron chi connectivity index (χ0n) is 10.7. The van der Waals surface area contributed by atoms with Gasteiger partial charge in [0.1, 0.15) is 11.6 Å². The molecule has 2 nitrogen and oxygen atoms in total. The van der Waals surface area contributed by atoms with E-state index in [0.29, 0.717) is 17.3 Å². The summed E-state index contributed by atoms with van der Waals surface area (Å²) < 4.78 is 26.5. The standard InChI is InChI=1S/C15H15BrF2N2/c16-14-9-11(3-6-15(14)18)8-13(20-19)7-10-1-4-12(17)5-2-10/h1-6,9,13,20H,7-8,19H2. The molecule has 0 spiro atoms. The predicted octanol–water partition coefficient (Wildman–Crippen LogP) is 3.34. The van der Waals surface area contributed by atoms with Gasteiger partial charge < -0.3 is 0 Å². The lowest BCUT2D eigenvalue weighted by Gasteiger charge is -2.16. The maximum Gasteiger partial charge on any atom is 0.137 e. The molecule has 0 aliphatic rings. The molecule has 0 heterocycles. The van der Waals surface area contributed by atoms with Crippen molar-refractivity contribution >= 4 is 15.9 Å². The van der Waals surface area contributed by atoms with Gasteiger partial charge in [0.15, 0.2) is 0 Å². The summed E-state index contributed by atoms with van der Waals surface area (Å²) in [6, 6.07) is 11.2. The Hall–Kier alpha value is -1.30. The zero-order chi connectivity index (χ0) is 14.5. The second-order valence-corrected chi connectivity index (χ2v) is 5.50. The number of hydrazine groups is 1. The van der Waals surface area contributed by atoms with Gasteiger partial charge >= 0.3 is 0 Å². The maximum atomic E-state index is 13.2. The van der Waals surface area contributed by atoms with Crippen molar-refractivity contribution in [2.24, 2.45) is 5.84 Å². The van der Waals surface area contributed by atoms with Gasteiger partial charge in [0, 0.05) is 6.04 Å². The Kier molecular flexibility index (Phi) is 5.23. The number of halogens is 3. The molecule has 5 heteroatoms. The third-order valence-electron chi connectivity index (χ3n) is 3.10. The molecule has 0 amide bonds. The minimum absolute atomic E-state index is 0.00202. The normalized spacial score (nSPS) is 12.4. The Bertz CT molecular complexity index is 573. The number of hydrogen-bond donors (Lipinski definition) is 2. The molecule has 0 saturated heterocycles. The van der Waals surface area contributed by atoms with Crippen molar-refractivity contribution < 1.29 is 8.78 Å². The molecule has 2 aromatic carbocycles. The first-order valence-corrected chi connectivity index (χ1v) is 7.02. The van der Waals surface area contributed by atoms with E-state index in [1.165, 1.54) is 18.2 Å². The average Bonchev–Trinajstić information content (AvgIpc) is 2.44. The summed E-state index contributed by atoms with van der Waals surface area (Å²) in [4.78, 5) is 0. The minimum Gasteiger partial charge on any atom is -0.271 e. The van der Waals surface area contributed by atoms with Crippen LogP contribution in [-0.2, 0) is 12.8 Å². The third-order valence-corrected chi connectivity index (χ3v) is 3.70. The van der Waals surface area contributed by atoms with Gasteiger partial charge in [-0.2, -0.15) is 0 Å². The average molecular weight is 341 g/mol. The van der Waals surface area contributed by atoms with Crippen LogP contribution in [0.1, 0.15) is 11.1 Å². The van der Waals surface area contributed by atoms with Gasteiger partial charge in [0.25, 0.3) is 0 Å². The molecule has 0 bridgehead atoms. The van der Waals surface area contributed by atoms with Crippen LogP contribution < -0.4 is 11.3 Å². The smallest absolute Gasteiger partial charge is 0.137 e. The zero-order valence-corrected chi connectivity index (χ0v) is 12.3. The number of benzene rings is 2. The fourth-order valence-electron chi connectivity index (χ4n) is 2.05. The molecule has 0 aliphatic heterocycles. The Morgan fingerprint density at radius 3 is 2.20 bits per heavy atom. The summed E-state index contributed by atoms with van der Waals surface area (Å²) in [5, 5.41) is 0. The molecule has 1 unspecified atom stereocenters. The second-order valence-electron chi connectivity index (χ2n) is 4.65. The quantitative estimate of drug-likeness (QED) is 0.647. The minimum atomic E-state index is -0.287. The Morgan fingerprint density at radius 2 is 1.60 bits per heavy atom. The highest BCUT2D eigenvalue weighted by Gasteiger charge is 2.10. The molecule has 0 aliphatic carbocycles. The molecule has 1 atom stereocenters. The van der Waals surface area contributed by atoms with Gasteiger partial charge in [0.05, 0.1) is 4.47 Å². The highest BCUT2D eigenvalue weighted by Crippen LogP contribution is 2.18. The highest BCUT2D eigenvalue weighted by molar-refractivity contribution is 9.10.